The fourth-order valence-electron chi connectivity index (χ4n) is 12.7. The molecule has 0 saturated carbocycles. The molecule has 49 heteroatoms. The van der Waals surface area contributed by atoms with E-state index in [0.29, 0.717) is 0 Å². The van der Waals surface area contributed by atoms with Crippen molar-refractivity contribution in [3.8, 4) is 0 Å². The predicted molar refractivity (Wildman–Crippen MR) is 535 cm³/mol. The smallest absolute Gasteiger partial charge is 0.413 e. The molecule has 0 atom stereocenters. The van der Waals surface area contributed by atoms with E-state index in [1.54, 1.807) is 53.7 Å². The highest BCUT2D eigenvalue weighted by Crippen LogP contribution is 2.25. The van der Waals surface area contributed by atoms with Crippen LogP contribution in [0.1, 0.15) is 188 Å². The Hall–Kier alpha value is -21.6. The number of nitrogens with zero attached hydrogens (tertiary/aromatic N) is 15. The molecule has 0 aromatic carbocycles. The Morgan fingerprint density at radius 2 is 0.230 bits per heavy atom. The van der Waals surface area contributed by atoms with Gasteiger partial charge in [0.05, 0.1) is 0 Å². The Kier molecular flexibility index (Phi) is 31.0. The third-order valence-corrected chi connectivity index (χ3v) is 19.1. The fourth-order valence-corrected chi connectivity index (χ4v) is 12.7. The zero-order valence-corrected chi connectivity index (χ0v) is 78.0. The van der Waals surface area contributed by atoms with E-state index < -0.39 is 106 Å². The number of anilines is 16. The SMILES string of the molecule is CC(C)(C)OC(=O)Nc1cccc(NC(=O)c2cccc(C(=O)Nc3cccc(NC(=O)c4cccc(C(=O)Nc5cccc(NC(=O)c6cccc(C(=O)Nc7cccc(NC(=O)c8cccc(C(=O)Nc9cccc(NC(=O)c%10cccc(C(=O)Nc%11cccc(NC(=O)c%12cccc(C(=O)Nc%13cccc(NC(=O)c%14cccc(C(=O)Nc%15cccc(NC(=O)OC(C)(C)C)n%15)n%14)n%13)n%12)n%11)n%10)n9)n8)n7)n6)n5)n4)n3)n2)n1. The van der Waals surface area contributed by atoms with Crippen molar-refractivity contribution in [3.63, 3.8) is 0 Å². The highest BCUT2D eigenvalue weighted by molar-refractivity contribution is 6.13. The summed E-state index contributed by atoms with van der Waals surface area (Å²) in [5, 5.41) is 40.9. The summed E-state index contributed by atoms with van der Waals surface area (Å²) in [6.07, 6.45) is -1.50. The number of carbonyl (C=O) groups is 16. The summed E-state index contributed by atoms with van der Waals surface area (Å²) in [5.74, 6) is -11.2. The minimum Gasteiger partial charge on any atom is -0.444 e. The topological polar surface area (TPSA) is 677 Å². The van der Waals surface area contributed by atoms with Gasteiger partial charge in [-0.3, -0.25) is 77.8 Å². The van der Waals surface area contributed by atoms with E-state index in [1.165, 1.54) is 261 Å². The Labute approximate surface area is 835 Å². The second kappa shape index (κ2) is 45.5. The third-order valence-electron chi connectivity index (χ3n) is 19.1. The van der Waals surface area contributed by atoms with Gasteiger partial charge in [-0.25, -0.2) is 84.3 Å². The zero-order valence-electron chi connectivity index (χ0n) is 78.0. The number of ether oxygens (including phenoxy) is 2. The van der Waals surface area contributed by atoms with Crippen molar-refractivity contribution >= 4 is 188 Å². The minimum absolute atomic E-state index is 0.0156. The molecule has 15 rings (SSSR count). The van der Waals surface area contributed by atoms with Gasteiger partial charge in [-0.15, -0.1) is 0 Å². The molecule has 0 aliphatic rings. The Morgan fingerprint density at radius 3 is 0.324 bits per heavy atom. The molecule has 0 unspecified atom stereocenters. The summed E-state index contributed by atoms with van der Waals surface area (Å²) >= 11 is 0. The normalized spacial score (nSPS) is 10.8. The molecule has 15 aromatic rings. The van der Waals surface area contributed by atoms with E-state index >= 15 is 0 Å². The number of rotatable bonds is 30. The average molecular weight is 1990 g/mol. The van der Waals surface area contributed by atoms with Gasteiger partial charge in [-0.1, -0.05) is 91.0 Å². The summed E-state index contributed by atoms with van der Waals surface area (Å²) in [5.41, 5.74) is -4.41. The van der Waals surface area contributed by atoms with Crippen LogP contribution in [-0.2, 0) is 9.47 Å². The highest BCUT2D eigenvalue weighted by atomic mass is 16.6. The molecule has 15 heterocycles. The van der Waals surface area contributed by atoms with Gasteiger partial charge in [0, 0.05) is 0 Å². The minimum atomic E-state index is -0.819. The van der Waals surface area contributed by atoms with Gasteiger partial charge >= 0.3 is 12.2 Å². The maximum absolute atomic E-state index is 13.6. The lowest BCUT2D eigenvalue weighted by Crippen LogP contribution is -2.27. The first-order valence-corrected chi connectivity index (χ1v) is 44.0. The highest BCUT2D eigenvalue weighted by Gasteiger charge is 2.27. The van der Waals surface area contributed by atoms with E-state index in [-0.39, 0.29) is 173 Å². The molecule has 0 aliphatic carbocycles. The van der Waals surface area contributed by atoms with Crippen LogP contribution in [-0.4, -0.2) is 181 Å². The van der Waals surface area contributed by atoms with Crippen molar-refractivity contribution in [2.24, 2.45) is 0 Å². The number of carbonyl (C=O) groups excluding carboxylic acids is 16. The quantitative estimate of drug-likeness (QED) is 0.0199. The lowest BCUT2D eigenvalue weighted by Gasteiger charge is -2.19. The van der Waals surface area contributed by atoms with Crippen molar-refractivity contribution in [3.05, 3.63) is 353 Å². The van der Waals surface area contributed by atoms with Gasteiger partial charge in [-0.05, 0) is 224 Å². The molecule has 0 aliphatic heterocycles. The molecule has 0 bridgehead atoms. The van der Waals surface area contributed by atoms with Crippen LogP contribution >= 0.6 is 0 Å². The van der Waals surface area contributed by atoms with Crippen molar-refractivity contribution in [2.75, 3.05) is 85.1 Å². The molecule has 738 valence electrons. The van der Waals surface area contributed by atoms with Crippen molar-refractivity contribution in [2.45, 2.75) is 52.7 Å². The first kappa shape index (κ1) is 101. The van der Waals surface area contributed by atoms with Gasteiger partial charge in [-0.2, -0.15) is 0 Å². The van der Waals surface area contributed by atoms with Crippen LogP contribution in [0.2, 0.25) is 0 Å². The van der Waals surface area contributed by atoms with Gasteiger partial charge in [0.2, 0.25) is 0 Å². The van der Waals surface area contributed by atoms with Gasteiger partial charge in [0.1, 0.15) is 184 Å². The molecular weight excluding hydrogens is 1910 g/mol. The largest absolute Gasteiger partial charge is 0.444 e. The number of amides is 16. The molecule has 0 fully saturated rings. The van der Waals surface area contributed by atoms with E-state index in [2.05, 4.69) is 160 Å². The molecule has 49 nitrogen and oxygen atoms in total. The summed E-state index contributed by atoms with van der Waals surface area (Å²) < 4.78 is 10.5. The Balaban J connectivity index is 0.479. The van der Waals surface area contributed by atoms with E-state index in [1.807, 2.05) is 0 Å². The van der Waals surface area contributed by atoms with Crippen LogP contribution in [0, 0.1) is 0 Å². The molecule has 0 spiro atoms. The maximum atomic E-state index is 13.6. The molecule has 15 aromatic heterocycles. The van der Waals surface area contributed by atoms with Crippen molar-refractivity contribution in [1.29, 1.82) is 0 Å². The third kappa shape index (κ3) is 28.4. The van der Waals surface area contributed by atoms with Crippen LogP contribution in [0.4, 0.5) is 103 Å². The van der Waals surface area contributed by atoms with Crippen molar-refractivity contribution in [1.82, 2.24) is 74.8 Å². The molecule has 16 N–H and O–H groups in total. The standard InChI is InChI=1S/C99H79N31O18/c1-98(2,3)147-96(145)129-80-50-20-48-78(113-80)127-94(143)64-34-12-32-62(105-64)92(141)125-76-46-18-44-74(111-76)123-90(139)60-30-10-28-58(103-60)88(137)121-72-42-16-40-70(109-72)119-86(135)56-26-8-24-54(101-56)84(133)117-68-38-14-36-66(107-68)115-82(131)52-22-7-23-53(100-52)83(132)116-67-37-15-39-69(108-67)118-85(134)55-25-9-27-57(102-55)87(136)120-71-41-17-43-73(110-71)122-89(138)59-29-11-31-61(104-59)91(140)124-75-45-19-47-77(112-75)126-93(142)63-33-13-35-65(106-63)95(144)128-79-49-21-51-81(114-79)130-97(146)148-99(4,5)6/h7-51H,1-6H3,(H2,107,115,117,131,133)(H2,108,116,118,132,134)(H2,109,119,121,135,137)(H2,110,120,122,136,138)(H2,111,123,125,139,141)(H2,112,124,126,140,142)(H2,113,127,129,143,145)(H2,114,128,130,144,146). The molecular formula is C99H79N31O18. The maximum Gasteiger partial charge on any atom is 0.413 e. The predicted octanol–water partition coefficient (Wildman–Crippen LogP) is 12.8. The number of aromatic nitrogens is 15. The lowest BCUT2D eigenvalue weighted by atomic mass is 10.2. The van der Waals surface area contributed by atoms with Crippen LogP contribution in [0.5, 0.6) is 0 Å². The molecule has 148 heavy (non-hydrogen) atoms. The van der Waals surface area contributed by atoms with Crippen molar-refractivity contribution < 1.29 is 86.2 Å². The monoisotopic (exact) mass is 1990 g/mol. The lowest BCUT2D eigenvalue weighted by molar-refractivity contribution is 0.0624. The number of hydrogen-bond acceptors (Lipinski definition) is 33. The van der Waals surface area contributed by atoms with Gasteiger partial charge < -0.3 is 83.9 Å². The second-order valence-electron chi connectivity index (χ2n) is 32.7. The van der Waals surface area contributed by atoms with Crippen LogP contribution in [0.3, 0.4) is 0 Å². The number of hydrogen-bond donors (Lipinski definition) is 16. The van der Waals surface area contributed by atoms with E-state index in [4.69, 9.17) is 9.47 Å². The van der Waals surface area contributed by atoms with Gasteiger partial charge in [0.15, 0.2) is 0 Å². The first-order chi connectivity index (χ1) is 71.0. The zero-order chi connectivity index (χ0) is 105. The van der Waals surface area contributed by atoms with E-state index in [0.717, 1.165) is 0 Å². The second-order valence-corrected chi connectivity index (χ2v) is 32.7. The summed E-state index contributed by atoms with van der Waals surface area (Å²) in [6, 6.07) is 63.5. The molecule has 0 radical (unpaired) electrons. The summed E-state index contributed by atoms with van der Waals surface area (Å²) in [6.45, 7) is 10.2. The Morgan fingerprint density at radius 1 is 0.142 bits per heavy atom. The number of nitrogens with one attached hydrogen (secondary N) is 16. The summed E-state index contributed by atoms with van der Waals surface area (Å²) in [4.78, 5) is 277. The molecule has 0 saturated heterocycles. The Bertz CT molecular complexity index is 7250. The number of pyridine rings is 15. The van der Waals surface area contributed by atoms with Gasteiger partial charge in [0.25, 0.3) is 82.7 Å². The summed E-state index contributed by atoms with van der Waals surface area (Å²) in [7, 11) is 0. The van der Waals surface area contributed by atoms with Crippen LogP contribution in [0.15, 0.2) is 273 Å². The molecule has 16 amide bonds. The van der Waals surface area contributed by atoms with Crippen LogP contribution in [0.25, 0.3) is 0 Å². The van der Waals surface area contributed by atoms with Crippen LogP contribution < -0.4 is 85.1 Å². The van der Waals surface area contributed by atoms with E-state index in [9.17, 15) is 76.7 Å². The first-order valence-electron chi connectivity index (χ1n) is 44.0. The fraction of sp³-hybridized carbons (Fsp3) is 0.0808. The average Bonchev–Trinajstić information content (AvgIpc) is 0.806.